The van der Waals surface area contributed by atoms with Gasteiger partial charge in [-0.05, 0) is 31.2 Å². The summed E-state index contributed by atoms with van der Waals surface area (Å²) in [5, 5.41) is 15.4. The second kappa shape index (κ2) is 10.5. The number of rotatable bonds is 5. The molecule has 1 amide bonds. The fourth-order valence-corrected chi connectivity index (χ4v) is 5.03. The van der Waals surface area contributed by atoms with Gasteiger partial charge in [0.25, 0.3) is 11.8 Å². The number of nitrogens with zero attached hydrogens (tertiary/aromatic N) is 7. The van der Waals surface area contributed by atoms with Crippen molar-refractivity contribution in [3.63, 3.8) is 0 Å². The topological polar surface area (TPSA) is 111 Å². The van der Waals surface area contributed by atoms with E-state index in [2.05, 4.69) is 25.0 Å². The van der Waals surface area contributed by atoms with Gasteiger partial charge in [-0.1, -0.05) is 34.6 Å². The van der Waals surface area contributed by atoms with Crippen LogP contribution in [0.5, 0.6) is 0 Å². The first-order valence-corrected chi connectivity index (χ1v) is 12.7. The smallest absolute Gasteiger partial charge is 0.258 e. The SMILES string of the molecule is Cc1noc(-c2cc(CN3CCN(C(=O)c4cccc(Cl)c4F)CC3)nc(/N=C3\SCCN3O)c2)n1. The molecular weight excluding hydrogens is 509 g/mol. The maximum atomic E-state index is 14.3. The predicted molar refractivity (Wildman–Crippen MR) is 133 cm³/mol. The lowest BCUT2D eigenvalue weighted by Crippen LogP contribution is -2.48. The largest absolute Gasteiger partial charge is 0.336 e. The highest BCUT2D eigenvalue weighted by Crippen LogP contribution is 2.27. The number of amides is 1. The Morgan fingerprint density at radius 1 is 1.22 bits per heavy atom. The number of aliphatic imine (C=N–C) groups is 1. The number of amidine groups is 1. The number of benzene rings is 1. The third-order valence-corrected chi connectivity index (χ3v) is 7.07. The molecule has 0 saturated carbocycles. The van der Waals surface area contributed by atoms with Crippen LogP contribution in [-0.2, 0) is 6.54 Å². The van der Waals surface area contributed by atoms with Crippen molar-refractivity contribution in [1.29, 1.82) is 0 Å². The van der Waals surface area contributed by atoms with Crippen molar-refractivity contribution in [1.82, 2.24) is 30.0 Å². The zero-order valence-electron chi connectivity index (χ0n) is 19.4. The molecular formula is C23H23ClFN7O3S. The van der Waals surface area contributed by atoms with E-state index >= 15 is 0 Å². The van der Waals surface area contributed by atoms with Crippen molar-refractivity contribution in [2.24, 2.45) is 4.99 Å². The number of carbonyl (C=O) groups excluding carboxylic acids is 1. The van der Waals surface area contributed by atoms with Crippen LogP contribution in [0.15, 0.2) is 39.8 Å². The normalized spacial score (nSPS) is 17.8. The van der Waals surface area contributed by atoms with E-state index in [4.69, 9.17) is 16.1 Å². The number of hydrogen-bond acceptors (Lipinski definition) is 9. The Kier molecular flexibility index (Phi) is 7.19. The quantitative estimate of drug-likeness (QED) is 0.527. The summed E-state index contributed by atoms with van der Waals surface area (Å²) in [5.41, 5.74) is 1.39. The maximum absolute atomic E-state index is 14.3. The van der Waals surface area contributed by atoms with Gasteiger partial charge >= 0.3 is 0 Å². The number of aryl methyl sites for hydroxylation is 1. The molecule has 5 rings (SSSR count). The molecule has 0 unspecified atom stereocenters. The fraction of sp³-hybridized carbons (Fsp3) is 0.348. The van der Waals surface area contributed by atoms with E-state index < -0.39 is 5.82 Å². The highest BCUT2D eigenvalue weighted by molar-refractivity contribution is 8.14. The van der Waals surface area contributed by atoms with E-state index in [-0.39, 0.29) is 16.5 Å². The Morgan fingerprint density at radius 2 is 2.03 bits per heavy atom. The van der Waals surface area contributed by atoms with Gasteiger partial charge in [-0.15, -0.1) is 0 Å². The van der Waals surface area contributed by atoms with Crippen LogP contribution in [-0.4, -0.2) is 84.7 Å². The second-order valence-electron chi connectivity index (χ2n) is 8.39. The van der Waals surface area contributed by atoms with Crippen LogP contribution in [0.25, 0.3) is 11.5 Å². The summed E-state index contributed by atoms with van der Waals surface area (Å²) < 4.78 is 19.7. The number of halogens is 2. The molecule has 188 valence electrons. The highest BCUT2D eigenvalue weighted by atomic mass is 35.5. The summed E-state index contributed by atoms with van der Waals surface area (Å²) in [7, 11) is 0. The minimum absolute atomic E-state index is 0.0216. The summed E-state index contributed by atoms with van der Waals surface area (Å²) in [4.78, 5) is 30.1. The zero-order valence-corrected chi connectivity index (χ0v) is 21.0. The summed E-state index contributed by atoms with van der Waals surface area (Å²) in [6.07, 6.45) is 0. The Hall–Kier alpha value is -3.06. The molecule has 3 aromatic rings. The molecule has 0 aliphatic carbocycles. The van der Waals surface area contributed by atoms with Crippen molar-refractivity contribution in [3.05, 3.63) is 58.3 Å². The van der Waals surface area contributed by atoms with Gasteiger partial charge in [0.05, 0.1) is 22.8 Å². The minimum Gasteiger partial charge on any atom is -0.336 e. The van der Waals surface area contributed by atoms with Crippen LogP contribution in [0, 0.1) is 12.7 Å². The lowest BCUT2D eigenvalue weighted by molar-refractivity contribution is -0.000660. The molecule has 4 heterocycles. The molecule has 1 N–H and O–H groups in total. The average Bonchev–Trinajstić information content (AvgIpc) is 3.49. The Morgan fingerprint density at radius 3 is 2.72 bits per heavy atom. The molecule has 2 fully saturated rings. The summed E-state index contributed by atoms with van der Waals surface area (Å²) >= 11 is 7.29. The van der Waals surface area contributed by atoms with E-state index in [1.54, 1.807) is 24.0 Å². The molecule has 13 heteroatoms. The van der Waals surface area contributed by atoms with Gasteiger partial charge < -0.3 is 9.42 Å². The van der Waals surface area contributed by atoms with E-state index in [0.717, 1.165) is 16.5 Å². The number of aromatic nitrogens is 3. The van der Waals surface area contributed by atoms with Crippen LogP contribution < -0.4 is 0 Å². The average molecular weight is 532 g/mol. The molecule has 2 aliphatic heterocycles. The number of piperazine rings is 1. The Balaban J connectivity index is 1.32. The third-order valence-electron chi connectivity index (χ3n) is 5.83. The van der Waals surface area contributed by atoms with Crippen molar-refractivity contribution < 1.29 is 18.9 Å². The number of hydroxylamine groups is 2. The Bertz CT molecular complexity index is 1310. The molecule has 36 heavy (non-hydrogen) atoms. The molecule has 2 aliphatic rings. The predicted octanol–water partition coefficient (Wildman–Crippen LogP) is 3.62. The van der Waals surface area contributed by atoms with E-state index in [1.165, 1.54) is 23.9 Å². The second-order valence-corrected chi connectivity index (χ2v) is 9.86. The first-order chi connectivity index (χ1) is 17.4. The highest BCUT2D eigenvalue weighted by Gasteiger charge is 2.25. The number of thioether (sulfide) groups is 1. The van der Waals surface area contributed by atoms with Crippen LogP contribution in [0.1, 0.15) is 21.9 Å². The van der Waals surface area contributed by atoms with Gasteiger partial charge in [-0.2, -0.15) is 4.98 Å². The number of pyridine rings is 1. The van der Waals surface area contributed by atoms with Crippen molar-refractivity contribution >= 4 is 40.3 Å². The first-order valence-electron chi connectivity index (χ1n) is 11.3. The summed E-state index contributed by atoms with van der Waals surface area (Å²) in [5.74, 6) is 0.971. The van der Waals surface area contributed by atoms with E-state index in [1.807, 2.05) is 6.07 Å². The maximum Gasteiger partial charge on any atom is 0.258 e. The van der Waals surface area contributed by atoms with Gasteiger partial charge in [-0.3, -0.25) is 14.9 Å². The summed E-state index contributed by atoms with van der Waals surface area (Å²) in [6, 6.07) is 8.05. The zero-order chi connectivity index (χ0) is 25.2. The van der Waals surface area contributed by atoms with Gasteiger partial charge in [-0.25, -0.2) is 19.4 Å². The monoisotopic (exact) mass is 531 g/mol. The number of carbonyl (C=O) groups is 1. The van der Waals surface area contributed by atoms with Crippen molar-refractivity contribution in [2.75, 3.05) is 38.5 Å². The number of hydrogen-bond donors (Lipinski definition) is 1. The van der Waals surface area contributed by atoms with Crippen LogP contribution in [0.3, 0.4) is 0 Å². The van der Waals surface area contributed by atoms with Gasteiger partial charge in [0, 0.05) is 44.0 Å². The van der Waals surface area contributed by atoms with E-state index in [9.17, 15) is 14.4 Å². The van der Waals surface area contributed by atoms with Crippen LogP contribution >= 0.6 is 23.4 Å². The van der Waals surface area contributed by atoms with Crippen LogP contribution in [0.2, 0.25) is 5.02 Å². The van der Waals surface area contributed by atoms with Gasteiger partial charge in [0.1, 0.15) is 0 Å². The molecule has 2 aromatic heterocycles. The molecule has 0 atom stereocenters. The lowest BCUT2D eigenvalue weighted by Gasteiger charge is -2.34. The van der Waals surface area contributed by atoms with Gasteiger partial charge in [0.15, 0.2) is 22.6 Å². The van der Waals surface area contributed by atoms with E-state index in [0.29, 0.717) is 67.5 Å². The molecule has 0 bridgehead atoms. The Labute approximate surface area is 215 Å². The molecule has 1 aromatic carbocycles. The minimum atomic E-state index is -0.695. The standard InChI is InChI=1S/C23H23ClFN7O3S/c1-14-26-21(35-29-14)15-11-16(27-19(12-15)28-23-32(34)9-10-36-23)13-30-5-7-31(8-6-30)22(33)17-3-2-4-18(24)20(17)25/h2-4,11-12,34H,5-10,13H2,1H3/b28-23-. The lowest BCUT2D eigenvalue weighted by atomic mass is 10.1. The molecule has 0 radical (unpaired) electrons. The van der Waals surface area contributed by atoms with Crippen molar-refractivity contribution in [3.8, 4) is 11.5 Å². The first kappa shape index (κ1) is 24.6. The van der Waals surface area contributed by atoms with Crippen molar-refractivity contribution in [2.45, 2.75) is 13.5 Å². The fourth-order valence-electron chi connectivity index (χ4n) is 4.01. The molecule has 10 nitrogen and oxygen atoms in total. The van der Waals surface area contributed by atoms with Gasteiger partial charge in [0.2, 0.25) is 0 Å². The molecule has 2 saturated heterocycles. The summed E-state index contributed by atoms with van der Waals surface area (Å²) in [6.45, 7) is 4.80. The molecule has 0 spiro atoms. The van der Waals surface area contributed by atoms with Crippen LogP contribution in [0.4, 0.5) is 10.2 Å². The third kappa shape index (κ3) is 5.36.